The summed E-state index contributed by atoms with van der Waals surface area (Å²) in [4.78, 5) is 0.354. The maximum atomic E-state index is 5.74. The Kier molecular flexibility index (Phi) is 4.26. The van der Waals surface area contributed by atoms with Crippen LogP contribution in [0.25, 0.3) is 0 Å². The zero-order valence-corrected chi connectivity index (χ0v) is 12.0. The second-order valence-electron chi connectivity index (χ2n) is 3.96. The predicted molar refractivity (Wildman–Crippen MR) is 76.9 cm³/mol. The zero-order valence-electron chi connectivity index (χ0n) is 10.4. The molecule has 18 heavy (non-hydrogen) atoms. The molecule has 1 unspecified atom stereocenters. The topological polar surface area (TPSA) is 18.5 Å². The summed E-state index contributed by atoms with van der Waals surface area (Å²) in [5.74, 6) is 2.46. The van der Waals surface area contributed by atoms with E-state index >= 15 is 0 Å². The van der Waals surface area contributed by atoms with Crippen LogP contribution in [0.15, 0.2) is 48.5 Å². The number of hydrogen-bond donors (Lipinski definition) is 0. The van der Waals surface area contributed by atoms with Gasteiger partial charge in [0.2, 0.25) is 0 Å². The minimum absolute atomic E-state index is 0.354. The summed E-state index contributed by atoms with van der Waals surface area (Å²) in [5, 5.41) is 0. The van der Waals surface area contributed by atoms with Crippen molar-refractivity contribution in [1.82, 2.24) is 0 Å². The lowest BCUT2D eigenvalue weighted by Crippen LogP contribution is -1.87. The van der Waals surface area contributed by atoms with Crippen LogP contribution in [0.1, 0.15) is 17.3 Å². The molecule has 0 spiro atoms. The van der Waals surface area contributed by atoms with Crippen molar-refractivity contribution >= 4 is 15.9 Å². The second-order valence-corrected chi connectivity index (χ2v) is 5.34. The van der Waals surface area contributed by atoms with E-state index in [1.54, 1.807) is 7.11 Å². The van der Waals surface area contributed by atoms with E-state index in [-0.39, 0.29) is 0 Å². The molecule has 2 aromatic carbocycles. The monoisotopic (exact) mass is 306 g/mol. The Labute approximate surface area is 116 Å². The molecule has 2 rings (SSSR count). The molecular formula is C15H15BrO2. The van der Waals surface area contributed by atoms with E-state index in [0.29, 0.717) is 4.83 Å². The lowest BCUT2D eigenvalue weighted by atomic mass is 10.2. The molecule has 0 aromatic heterocycles. The van der Waals surface area contributed by atoms with Gasteiger partial charge in [-0.2, -0.15) is 0 Å². The molecule has 0 aliphatic heterocycles. The highest BCUT2D eigenvalue weighted by Gasteiger charge is 2.02. The average molecular weight is 307 g/mol. The third-order valence-electron chi connectivity index (χ3n) is 2.63. The molecular weight excluding hydrogens is 292 g/mol. The molecule has 0 N–H and O–H groups in total. The van der Waals surface area contributed by atoms with Crippen LogP contribution in [0.4, 0.5) is 0 Å². The summed E-state index contributed by atoms with van der Waals surface area (Å²) in [7, 11) is 1.65. The van der Waals surface area contributed by atoms with Crippen LogP contribution >= 0.6 is 15.9 Å². The normalized spacial score (nSPS) is 11.9. The van der Waals surface area contributed by atoms with Crippen LogP contribution in [0.5, 0.6) is 17.2 Å². The minimum Gasteiger partial charge on any atom is -0.497 e. The lowest BCUT2D eigenvalue weighted by Gasteiger charge is -2.08. The Balaban J connectivity index is 2.08. The molecule has 0 saturated heterocycles. The summed E-state index contributed by atoms with van der Waals surface area (Å²) in [6, 6.07) is 15.6. The van der Waals surface area contributed by atoms with E-state index in [9.17, 15) is 0 Å². The van der Waals surface area contributed by atoms with Gasteiger partial charge in [0.15, 0.2) is 0 Å². The van der Waals surface area contributed by atoms with Crippen molar-refractivity contribution in [3.8, 4) is 17.2 Å². The summed E-state index contributed by atoms with van der Waals surface area (Å²) in [5.41, 5.74) is 1.23. The van der Waals surface area contributed by atoms with Gasteiger partial charge in [-0.05, 0) is 48.9 Å². The third kappa shape index (κ3) is 3.26. The van der Waals surface area contributed by atoms with Gasteiger partial charge in [0.1, 0.15) is 17.2 Å². The molecule has 0 bridgehead atoms. The summed E-state index contributed by atoms with van der Waals surface area (Å²) < 4.78 is 10.8. The molecule has 0 amide bonds. The fraction of sp³-hybridized carbons (Fsp3) is 0.200. The maximum absolute atomic E-state index is 5.74. The maximum Gasteiger partial charge on any atom is 0.127 e. The molecule has 0 aliphatic rings. The molecule has 2 aromatic rings. The van der Waals surface area contributed by atoms with E-state index < -0.39 is 0 Å². The highest BCUT2D eigenvalue weighted by atomic mass is 79.9. The zero-order chi connectivity index (χ0) is 13.0. The van der Waals surface area contributed by atoms with Crippen LogP contribution in [-0.4, -0.2) is 7.11 Å². The molecule has 94 valence electrons. The van der Waals surface area contributed by atoms with Crippen LogP contribution in [0.2, 0.25) is 0 Å². The van der Waals surface area contributed by atoms with Gasteiger partial charge in [0, 0.05) is 4.83 Å². The van der Waals surface area contributed by atoms with Crippen LogP contribution < -0.4 is 9.47 Å². The lowest BCUT2D eigenvalue weighted by molar-refractivity contribution is 0.413. The Morgan fingerprint density at radius 2 is 1.28 bits per heavy atom. The number of benzene rings is 2. The number of hydrogen-bond acceptors (Lipinski definition) is 2. The first-order valence-electron chi connectivity index (χ1n) is 5.75. The fourth-order valence-electron chi connectivity index (χ4n) is 1.58. The molecule has 2 nitrogen and oxygen atoms in total. The van der Waals surface area contributed by atoms with Gasteiger partial charge in [0.25, 0.3) is 0 Å². The van der Waals surface area contributed by atoms with Crippen molar-refractivity contribution in [3.63, 3.8) is 0 Å². The van der Waals surface area contributed by atoms with E-state index in [0.717, 1.165) is 17.2 Å². The number of ether oxygens (including phenoxy) is 2. The standard InChI is InChI=1S/C15H15BrO2/c1-11(16)12-3-5-14(6-4-12)18-15-9-7-13(17-2)8-10-15/h3-11H,1-2H3. The predicted octanol–water partition coefficient (Wildman–Crippen LogP) is 4.94. The number of alkyl halides is 1. The Morgan fingerprint density at radius 3 is 1.72 bits per heavy atom. The molecule has 0 radical (unpaired) electrons. The Morgan fingerprint density at radius 1 is 0.833 bits per heavy atom. The van der Waals surface area contributed by atoms with Crippen molar-refractivity contribution in [2.45, 2.75) is 11.8 Å². The van der Waals surface area contributed by atoms with Gasteiger partial charge in [-0.1, -0.05) is 28.1 Å². The molecule has 3 heteroatoms. The van der Waals surface area contributed by atoms with Crippen LogP contribution in [-0.2, 0) is 0 Å². The first-order valence-corrected chi connectivity index (χ1v) is 6.66. The van der Waals surface area contributed by atoms with Crippen molar-refractivity contribution < 1.29 is 9.47 Å². The van der Waals surface area contributed by atoms with Gasteiger partial charge in [-0.15, -0.1) is 0 Å². The van der Waals surface area contributed by atoms with E-state index in [2.05, 4.69) is 35.0 Å². The average Bonchev–Trinajstić information content (AvgIpc) is 2.40. The van der Waals surface area contributed by atoms with E-state index in [1.165, 1.54) is 5.56 Å². The highest BCUT2D eigenvalue weighted by Crippen LogP contribution is 2.27. The Hall–Kier alpha value is -1.48. The quantitative estimate of drug-likeness (QED) is 0.745. The summed E-state index contributed by atoms with van der Waals surface area (Å²) in [6.07, 6.45) is 0. The van der Waals surface area contributed by atoms with Crippen molar-refractivity contribution in [1.29, 1.82) is 0 Å². The largest absolute Gasteiger partial charge is 0.497 e. The highest BCUT2D eigenvalue weighted by molar-refractivity contribution is 9.09. The molecule has 0 aliphatic carbocycles. The molecule has 0 saturated carbocycles. The van der Waals surface area contributed by atoms with Crippen molar-refractivity contribution in [2.24, 2.45) is 0 Å². The third-order valence-corrected chi connectivity index (χ3v) is 3.16. The van der Waals surface area contributed by atoms with Crippen molar-refractivity contribution in [2.75, 3.05) is 7.11 Å². The van der Waals surface area contributed by atoms with E-state index in [4.69, 9.17) is 9.47 Å². The van der Waals surface area contributed by atoms with Crippen LogP contribution in [0.3, 0.4) is 0 Å². The van der Waals surface area contributed by atoms with Gasteiger partial charge in [-0.25, -0.2) is 0 Å². The molecule has 0 heterocycles. The van der Waals surface area contributed by atoms with Gasteiger partial charge in [0.05, 0.1) is 7.11 Å². The van der Waals surface area contributed by atoms with Crippen LogP contribution in [0, 0.1) is 0 Å². The second kappa shape index (κ2) is 5.91. The van der Waals surface area contributed by atoms with Gasteiger partial charge in [-0.3, -0.25) is 0 Å². The number of rotatable bonds is 4. The summed E-state index contributed by atoms with van der Waals surface area (Å²) >= 11 is 3.54. The van der Waals surface area contributed by atoms with E-state index in [1.807, 2.05) is 36.4 Å². The number of methoxy groups -OCH3 is 1. The first kappa shape index (κ1) is 13.0. The first-order chi connectivity index (χ1) is 8.69. The number of halogens is 1. The van der Waals surface area contributed by atoms with Gasteiger partial charge >= 0.3 is 0 Å². The smallest absolute Gasteiger partial charge is 0.127 e. The summed E-state index contributed by atoms with van der Waals surface area (Å²) in [6.45, 7) is 2.10. The molecule has 1 atom stereocenters. The fourth-order valence-corrected chi connectivity index (χ4v) is 1.89. The molecule has 0 fully saturated rings. The van der Waals surface area contributed by atoms with Crippen molar-refractivity contribution in [3.05, 3.63) is 54.1 Å². The van der Waals surface area contributed by atoms with Gasteiger partial charge < -0.3 is 9.47 Å². The Bertz CT molecular complexity index is 489. The SMILES string of the molecule is COc1ccc(Oc2ccc(C(C)Br)cc2)cc1. The minimum atomic E-state index is 0.354.